The molecule has 0 radical (unpaired) electrons. The summed E-state index contributed by atoms with van der Waals surface area (Å²) in [5.74, 6) is 0.568. The van der Waals surface area contributed by atoms with Gasteiger partial charge in [-0.1, -0.05) is 12.1 Å². The van der Waals surface area contributed by atoms with Gasteiger partial charge < -0.3 is 5.32 Å². The molecule has 0 aliphatic heterocycles. The molecule has 17 heavy (non-hydrogen) atoms. The molecule has 1 aromatic heterocycles. The smallest absolute Gasteiger partial charge is 0.148 e. The van der Waals surface area contributed by atoms with E-state index in [9.17, 15) is 4.39 Å². The Balaban J connectivity index is 1.85. The first-order valence-corrected chi connectivity index (χ1v) is 5.52. The molecule has 0 saturated carbocycles. The van der Waals surface area contributed by atoms with Gasteiger partial charge in [-0.15, -0.1) is 5.10 Å². The zero-order valence-corrected chi connectivity index (χ0v) is 9.65. The number of nitrogens with zero attached hydrogens (tertiary/aromatic N) is 2. The zero-order valence-electron chi connectivity index (χ0n) is 9.65. The van der Waals surface area contributed by atoms with Crippen molar-refractivity contribution in [1.29, 1.82) is 0 Å². The van der Waals surface area contributed by atoms with Crippen LogP contribution in [-0.4, -0.2) is 16.7 Å². The molecule has 1 heterocycles. The summed E-state index contributed by atoms with van der Waals surface area (Å²) in [7, 11) is 0. The summed E-state index contributed by atoms with van der Waals surface area (Å²) in [6.45, 7) is 2.73. The molecule has 88 valence electrons. The van der Waals surface area contributed by atoms with Crippen LogP contribution < -0.4 is 5.32 Å². The third kappa shape index (κ3) is 3.52. The molecule has 0 fully saturated rings. The fraction of sp³-hybridized carbons (Fsp3) is 0.231. The van der Waals surface area contributed by atoms with Crippen molar-refractivity contribution in [2.24, 2.45) is 0 Å². The van der Waals surface area contributed by atoms with Crippen LogP contribution in [0.3, 0.4) is 0 Å². The maximum atomic E-state index is 12.7. The Labute approximate surface area is 99.7 Å². The Morgan fingerprint density at radius 1 is 1.24 bits per heavy atom. The SMILES string of the molecule is Cc1cnnc(NCCc2ccc(F)cc2)c1. The van der Waals surface area contributed by atoms with Gasteiger partial charge in [-0.3, -0.25) is 0 Å². The molecule has 2 aromatic rings. The molecular weight excluding hydrogens is 217 g/mol. The Bertz CT molecular complexity index is 482. The van der Waals surface area contributed by atoms with Crippen LogP contribution >= 0.6 is 0 Å². The second-order valence-corrected chi connectivity index (χ2v) is 3.92. The van der Waals surface area contributed by atoms with Crippen molar-refractivity contribution < 1.29 is 4.39 Å². The normalized spacial score (nSPS) is 10.2. The molecule has 0 amide bonds. The molecule has 0 spiro atoms. The number of aromatic nitrogens is 2. The lowest BCUT2D eigenvalue weighted by Crippen LogP contribution is -2.07. The molecule has 0 aliphatic carbocycles. The van der Waals surface area contributed by atoms with Crippen molar-refractivity contribution in [3.8, 4) is 0 Å². The van der Waals surface area contributed by atoms with Gasteiger partial charge in [0.2, 0.25) is 0 Å². The maximum Gasteiger partial charge on any atom is 0.148 e. The van der Waals surface area contributed by atoms with E-state index < -0.39 is 0 Å². The Morgan fingerprint density at radius 2 is 2.00 bits per heavy atom. The van der Waals surface area contributed by atoms with E-state index in [0.29, 0.717) is 0 Å². The van der Waals surface area contributed by atoms with Crippen LogP contribution in [0.25, 0.3) is 0 Å². The molecule has 0 saturated heterocycles. The fourth-order valence-corrected chi connectivity index (χ4v) is 1.54. The maximum absolute atomic E-state index is 12.7. The Morgan fingerprint density at radius 3 is 2.71 bits per heavy atom. The molecule has 0 bridgehead atoms. The third-order valence-corrected chi connectivity index (χ3v) is 2.42. The van der Waals surface area contributed by atoms with E-state index in [0.717, 1.165) is 29.9 Å². The summed E-state index contributed by atoms with van der Waals surface area (Å²) in [6.07, 6.45) is 2.54. The molecule has 0 atom stereocenters. The minimum atomic E-state index is -0.203. The van der Waals surface area contributed by atoms with Crippen LogP contribution in [0.15, 0.2) is 36.5 Å². The van der Waals surface area contributed by atoms with Crippen LogP contribution in [0.1, 0.15) is 11.1 Å². The van der Waals surface area contributed by atoms with Crippen LogP contribution in [-0.2, 0) is 6.42 Å². The van der Waals surface area contributed by atoms with Gasteiger partial charge in [-0.2, -0.15) is 5.10 Å². The quantitative estimate of drug-likeness (QED) is 0.878. The summed E-state index contributed by atoms with van der Waals surface area (Å²) in [5, 5.41) is 11.0. The summed E-state index contributed by atoms with van der Waals surface area (Å²) in [5.41, 5.74) is 2.17. The van der Waals surface area contributed by atoms with Crippen LogP contribution in [0.2, 0.25) is 0 Å². The Kier molecular flexibility index (Phi) is 3.65. The molecule has 0 aliphatic rings. The van der Waals surface area contributed by atoms with E-state index in [1.165, 1.54) is 12.1 Å². The van der Waals surface area contributed by atoms with E-state index in [-0.39, 0.29) is 5.82 Å². The standard InChI is InChI=1S/C13H14FN3/c1-10-8-13(17-16-9-10)15-7-6-11-2-4-12(14)5-3-11/h2-5,8-9H,6-7H2,1H3,(H,15,17). The average molecular weight is 231 g/mol. The number of benzene rings is 1. The summed E-state index contributed by atoms with van der Waals surface area (Å²) < 4.78 is 12.7. The molecule has 1 N–H and O–H groups in total. The minimum Gasteiger partial charge on any atom is -0.368 e. The molecule has 1 aromatic carbocycles. The van der Waals surface area contributed by atoms with Crippen molar-refractivity contribution >= 4 is 5.82 Å². The van der Waals surface area contributed by atoms with Crippen molar-refractivity contribution in [3.63, 3.8) is 0 Å². The summed E-state index contributed by atoms with van der Waals surface area (Å²) >= 11 is 0. The lowest BCUT2D eigenvalue weighted by Gasteiger charge is -2.05. The van der Waals surface area contributed by atoms with Gasteiger partial charge in [0.25, 0.3) is 0 Å². The first kappa shape index (κ1) is 11.5. The number of nitrogens with one attached hydrogen (secondary N) is 1. The predicted molar refractivity (Wildman–Crippen MR) is 65.4 cm³/mol. The Hall–Kier alpha value is -1.97. The average Bonchev–Trinajstić information content (AvgIpc) is 2.32. The van der Waals surface area contributed by atoms with Gasteiger partial charge in [-0.25, -0.2) is 4.39 Å². The predicted octanol–water partition coefficient (Wildman–Crippen LogP) is 2.58. The highest BCUT2D eigenvalue weighted by atomic mass is 19.1. The first-order valence-electron chi connectivity index (χ1n) is 5.52. The van der Waals surface area contributed by atoms with Gasteiger partial charge in [0.1, 0.15) is 11.6 Å². The topological polar surface area (TPSA) is 37.8 Å². The van der Waals surface area contributed by atoms with Gasteiger partial charge in [-0.05, 0) is 42.7 Å². The van der Waals surface area contributed by atoms with E-state index in [4.69, 9.17) is 0 Å². The number of anilines is 1. The fourth-order valence-electron chi connectivity index (χ4n) is 1.54. The van der Waals surface area contributed by atoms with Crippen molar-refractivity contribution in [2.75, 3.05) is 11.9 Å². The van der Waals surface area contributed by atoms with Gasteiger partial charge in [0.15, 0.2) is 0 Å². The minimum absolute atomic E-state index is 0.203. The highest BCUT2D eigenvalue weighted by molar-refractivity contribution is 5.35. The first-order chi connectivity index (χ1) is 8.24. The van der Waals surface area contributed by atoms with E-state index in [2.05, 4.69) is 15.5 Å². The number of aryl methyl sites for hydroxylation is 1. The second-order valence-electron chi connectivity index (χ2n) is 3.92. The number of hydrogen-bond donors (Lipinski definition) is 1. The van der Waals surface area contributed by atoms with E-state index >= 15 is 0 Å². The van der Waals surface area contributed by atoms with Crippen molar-refractivity contribution in [1.82, 2.24) is 10.2 Å². The highest BCUT2D eigenvalue weighted by Crippen LogP contribution is 2.06. The van der Waals surface area contributed by atoms with Gasteiger partial charge >= 0.3 is 0 Å². The molecule has 0 unspecified atom stereocenters. The molecule has 4 heteroatoms. The number of halogens is 1. The van der Waals surface area contributed by atoms with Gasteiger partial charge in [0, 0.05) is 6.54 Å². The number of hydrogen-bond acceptors (Lipinski definition) is 3. The summed E-state index contributed by atoms with van der Waals surface area (Å²) in [6, 6.07) is 8.47. The van der Waals surface area contributed by atoms with Gasteiger partial charge in [0.05, 0.1) is 6.20 Å². The molecule has 2 rings (SSSR count). The second kappa shape index (κ2) is 5.39. The third-order valence-electron chi connectivity index (χ3n) is 2.42. The van der Waals surface area contributed by atoms with E-state index in [1.807, 2.05) is 13.0 Å². The lowest BCUT2D eigenvalue weighted by molar-refractivity contribution is 0.627. The summed E-state index contributed by atoms with van der Waals surface area (Å²) in [4.78, 5) is 0. The zero-order chi connectivity index (χ0) is 12.1. The van der Waals surface area contributed by atoms with Crippen molar-refractivity contribution in [3.05, 3.63) is 53.5 Å². The largest absolute Gasteiger partial charge is 0.368 e. The van der Waals surface area contributed by atoms with Crippen LogP contribution in [0.5, 0.6) is 0 Å². The molecular formula is C13H14FN3. The number of rotatable bonds is 4. The van der Waals surface area contributed by atoms with Crippen molar-refractivity contribution in [2.45, 2.75) is 13.3 Å². The molecule has 3 nitrogen and oxygen atoms in total. The van der Waals surface area contributed by atoms with Crippen LogP contribution in [0.4, 0.5) is 10.2 Å². The highest BCUT2D eigenvalue weighted by Gasteiger charge is 1.96. The lowest BCUT2D eigenvalue weighted by atomic mass is 10.1. The van der Waals surface area contributed by atoms with Crippen LogP contribution in [0, 0.1) is 12.7 Å². The van der Waals surface area contributed by atoms with E-state index in [1.54, 1.807) is 18.3 Å². The monoisotopic (exact) mass is 231 g/mol.